The van der Waals surface area contributed by atoms with E-state index in [9.17, 15) is 19.2 Å². The number of hydrogen-bond acceptors (Lipinski definition) is 7. The number of nitrogens with one attached hydrogen (secondary N) is 1. The quantitative estimate of drug-likeness (QED) is 0.349. The lowest BCUT2D eigenvalue weighted by Gasteiger charge is -2.16. The van der Waals surface area contributed by atoms with Gasteiger partial charge < -0.3 is 9.72 Å². The number of esters is 1. The Hall–Kier alpha value is -4.11. The van der Waals surface area contributed by atoms with Crippen molar-refractivity contribution < 1.29 is 19.1 Å². The minimum atomic E-state index is -0.824. The number of aromatic nitrogens is 2. The second-order valence-corrected chi connectivity index (χ2v) is 9.21. The summed E-state index contributed by atoms with van der Waals surface area (Å²) < 4.78 is 5.54. The van der Waals surface area contributed by atoms with E-state index in [0.29, 0.717) is 21.3 Å². The van der Waals surface area contributed by atoms with Gasteiger partial charge in [-0.15, -0.1) is 11.3 Å². The monoisotopic (exact) mass is 473 g/mol. The van der Waals surface area contributed by atoms with Crippen molar-refractivity contribution in [1.29, 1.82) is 0 Å². The molecule has 9 heteroatoms. The number of aryl methyl sites for hydroxylation is 2. The van der Waals surface area contributed by atoms with Crippen LogP contribution < -0.4 is 10.5 Å². The maximum Gasteiger partial charge on any atom is 0.338 e. The van der Waals surface area contributed by atoms with Gasteiger partial charge in [0.15, 0.2) is 11.9 Å². The van der Waals surface area contributed by atoms with Crippen molar-refractivity contribution in [2.45, 2.75) is 26.9 Å². The van der Waals surface area contributed by atoms with Crippen molar-refractivity contribution in [3.63, 3.8) is 0 Å². The predicted molar refractivity (Wildman–Crippen MR) is 128 cm³/mol. The van der Waals surface area contributed by atoms with E-state index in [4.69, 9.17) is 4.74 Å². The minimum Gasteiger partial charge on any atom is -0.451 e. The lowest BCUT2D eigenvalue weighted by molar-refractivity contribution is 0.0319. The molecule has 170 valence electrons. The highest BCUT2D eigenvalue weighted by Gasteiger charge is 2.36. The topological polar surface area (TPSA) is 109 Å². The van der Waals surface area contributed by atoms with Gasteiger partial charge in [0, 0.05) is 4.88 Å². The number of hydrogen-bond donors (Lipinski definition) is 1. The molecular formula is C25H19N3O5S. The number of amides is 2. The molecule has 0 aliphatic carbocycles. The van der Waals surface area contributed by atoms with Crippen LogP contribution in [0.3, 0.4) is 0 Å². The Bertz CT molecular complexity index is 1530. The van der Waals surface area contributed by atoms with Crippen LogP contribution in [-0.2, 0) is 4.74 Å². The SMILES string of the molecule is Cc1sc2nc(C(C)OC(=O)c3cccc(N4C(=O)c5ccccc5C4=O)c3)[nH]c(=O)c2c1C. The van der Waals surface area contributed by atoms with E-state index < -0.39 is 23.9 Å². The van der Waals surface area contributed by atoms with E-state index in [-0.39, 0.29) is 22.6 Å². The van der Waals surface area contributed by atoms with Crippen LogP contribution >= 0.6 is 11.3 Å². The Kier molecular flexibility index (Phi) is 5.13. The van der Waals surface area contributed by atoms with Gasteiger partial charge in [-0.1, -0.05) is 18.2 Å². The van der Waals surface area contributed by atoms with Gasteiger partial charge in [0.25, 0.3) is 17.4 Å². The minimum absolute atomic E-state index is 0.159. The maximum absolute atomic E-state index is 12.9. The maximum atomic E-state index is 12.9. The molecular weight excluding hydrogens is 454 g/mol. The van der Waals surface area contributed by atoms with Crippen molar-refractivity contribution in [3.05, 3.63) is 91.8 Å². The van der Waals surface area contributed by atoms with E-state index in [2.05, 4.69) is 9.97 Å². The molecule has 1 unspecified atom stereocenters. The molecule has 0 radical (unpaired) electrons. The van der Waals surface area contributed by atoms with Gasteiger partial charge in [-0.05, 0) is 56.7 Å². The van der Waals surface area contributed by atoms with Gasteiger partial charge in [-0.25, -0.2) is 14.7 Å². The summed E-state index contributed by atoms with van der Waals surface area (Å²) >= 11 is 1.41. The largest absolute Gasteiger partial charge is 0.451 e. The summed E-state index contributed by atoms with van der Waals surface area (Å²) in [6.07, 6.45) is -0.824. The number of carbonyl (C=O) groups excluding carboxylic acids is 3. The van der Waals surface area contributed by atoms with Crippen molar-refractivity contribution >= 4 is 45.0 Å². The number of carbonyl (C=O) groups is 3. The molecule has 4 aromatic rings. The van der Waals surface area contributed by atoms with E-state index in [1.54, 1.807) is 43.3 Å². The highest BCUT2D eigenvalue weighted by atomic mass is 32.1. The third-order valence-electron chi connectivity index (χ3n) is 5.86. The average Bonchev–Trinajstić information content (AvgIpc) is 3.26. The molecule has 5 rings (SSSR count). The van der Waals surface area contributed by atoms with Crippen molar-refractivity contribution in [2.24, 2.45) is 0 Å². The van der Waals surface area contributed by atoms with Crippen LogP contribution in [0.1, 0.15) is 60.4 Å². The summed E-state index contributed by atoms with van der Waals surface area (Å²) in [7, 11) is 0. The first-order valence-corrected chi connectivity index (χ1v) is 11.4. The van der Waals surface area contributed by atoms with Crippen molar-refractivity contribution in [1.82, 2.24) is 9.97 Å². The molecule has 0 fully saturated rings. The number of thiophene rings is 1. The predicted octanol–water partition coefficient (Wildman–Crippen LogP) is 4.32. The second kappa shape index (κ2) is 8.03. The average molecular weight is 474 g/mol. The third kappa shape index (κ3) is 3.41. The molecule has 2 amide bonds. The zero-order valence-corrected chi connectivity index (χ0v) is 19.4. The van der Waals surface area contributed by atoms with Crippen LogP contribution in [0.15, 0.2) is 53.3 Å². The lowest BCUT2D eigenvalue weighted by Crippen LogP contribution is -2.29. The number of aromatic amines is 1. The first-order chi connectivity index (χ1) is 16.3. The van der Waals surface area contributed by atoms with Crippen LogP contribution in [0.5, 0.6) is 0 Å². The summed E-state index contributed by atoms with van der Waals surface area (Å²) in [5.74, 6) is -1.33. The number of rotatable bonds is 4. The Morgan fingerprint density at radius 1 is 1.03 bits per heavy atom. The molecule has 0 spiro atoms. The van der Waals surface area contributed by atoms with Crippen LogP contribution in [0.2, 0.25) is 0 Å². The van der Waals surface area contributed by atoms with E-state index >= 15 is 0 Å². The van der Waals surface area contributed by atoms with Gasteiger partial charge in [-0.3, -0.25) is 14.4 Å². The van der Waals surface area contributed by atoms with Crippen molar-refractivity contribution in [2.75, 3.05) is 4.90 Å². The molecule has 8 nitrogen and oxygen atoms in total. The van der Waals surface area contributed by atoms with Gasteiger partial charge in [-0.2, -0.15) is 0 Å². The third-order valence-corrected chi connectivity index (χ3v) is 6.96. The molecule has 1 atom stereocenters. The highest BCUT2D eigenvalue weighted by Crippen LogP contribution is 2.30. The first kappa shape index (κ1) is 21.7. The molecule has 0 bridgehead atoms. The number of ether oxygens (including phenoxy) is 1. The fourth-order valence-electron chi connectivity index (χ4n) is 3.94. The van der Waals surface area contributed by atoms with Crippen LogP contribution in [0.4, 0.5) is 5.69 Å². The highest BCUT2D eigenvalue weighted by molar-refractivity contribution is 7.18. The number of nitrogens with zero attached hydrogens (tertiary/aromatic N) is 2. The molecule has 2 aromatic heterocycles. The van der Waals surface area contributed by atoms with Crippen LogP contribution in [0.25, 0.3) is 10.2 Å². The summed E-state index contributed by atoms with van der Waals surface area (Å²) in [5, 5.41) is 0.540. The molecule has 1 aliphatic rings. The molecule has 1 aliphatic heterocycles. The normalized spacial score (nSPS) is 13.9. The number of H-pyrrole nitrogens is 1. The zero-order valence-electron chi connectivity index (χ0n) is 18.5. The van der Waals surface area contributed by atoms with Gasteiger partial charge in [0.1, 0.15) is 4.83 Å². The Balaban J connectivity index is 1.40. The van der Waals surface area contributed by atoms with Crippen molar-refractivity contribution in [3.8, 4) is 0 Å². The second-order valence-electron chi connectivity index (χ2n) is 8.00. The summed E-state index contributed by atoms with van der Waals surface area (Å²) in [5.41, 5.74) is 1.67. The van der Waals surface area contributed by atoms with E-state index in [0.717, 1.165) is 15.3 Å². The Morgan fingerprint density at radius 2 is 1.71 bits per heavy atom. The van der Waals surface area contributed by atoms with Gasteiger partial charge >= 0.3 is 5.97 Å². The number of anilines is 1. The van der Waals surface area contributed by atoms with E-state index in [1.165, 1.54) is 23.5 Å². The molecule has 34 heavy (non-hydrogen) atoms. The summed E-state index contributed by atoms with van der Waals surface area (Å²) in [6.45, 7) is 5.41. The summed E-state index contributed by atoms with van der Waals surface area (Å²) in [4.78, 5) is 60.7. The number of benzene rings is 2. The summed E-state index contributed by atoms with van der Waals surface area (Å²) in [6, 6.07) is 12.7. The zero-order chi connectivity index (χ0) is 24.1. The molecule has 3 heterocycles. The Morgan fingerprint density at radius 3 is 2.38 bits per heavy atom. The van der Waals surface area contributed by atoms with Gasteiger partial charge in [0.05, 0.1) is 27.8 Å². The number of imide groups is 1. The van der Waals surface area contributed by atoms with Gasteiger partial charge in [0.2, 0.25) is 0 Å². The fraction of sp³-hybridized carbons (Fsp3) is 0.160. The smallest absolute Gasteiger partial charge is 0.338 e. The van der Waals surface area contributed by atoms with Crippen LogP contribution in [0, 0.1) is 13.8 Å². The number of fused-ring (bicyclic) bond motifs is 2. The molecule has 1 N–H and O–H groups in total. The standard InChI is InChI=1S/C25H19N3O5S/c1-12-14(3)34-22-19(12)21(29)26-20(27-22)13(2)33-25(32)15-7-6-8-16(11-15)28-23(30)17-9-4-5-10-18(17)24(28)31/h4-11,13H,1-3H3,(H,26,27,29). The molecule has 0 saturated heterocycles. The molecule has 0 saturated carbocycles. The van der Waals surface area contributed by atoms with Crippen LogP contribution in [-0.4, -0.2) is 27.8 Å². The fourth-order valence-corrected chi connectivity index (χ4v) is 4.98. The molecule has 2 aromatic carbocycles. The first-order valence-electron chi connectivity index (χ1n) is 10.5. The Labute approximate surface area is 197 Å². The lowest BCUT2D eigenvalue weighted by atomic mass is 10.1. The van der Waals surface area contributed by atoms with E-state index in [1.807, 2.05) is 13.8 Å².